The summed E-state index contributed by atoms with van der Waals surface area (Å²) in [6.45, 7) is 4.97. The number of nitrogens with one attached hydrogen (secondary N) is 1. The third kappa shape index (κ3) is 7.20. The second-order valence-electron chi connectivity index (χ2n) is 11.4. The molecule has 0 bridgehead atoms. The molecule has 4 rings (SSSR count). The maximum absolute atomic E-state index is 13.7. The summed E-state index contributed by atoms with van der Waals surface area (Å²) in [6.07, 6.45) is 7.38. The fraction of sp³-hybridized carbons (Fsp3) is 0.548. The van der Waals surface area contributed by atoms with Crippen molar-refractivity contribution in [3.05, 3.63) is 65.2 Å². The highest BCUT2D eigenvalue weighted by Gasteiger charge is 2.33. The third-order valence-corrected chi connectivity index (χ3v) is 7.88. The van der Waals surface area contributed by atoms with Gasteiger partial charge in [-0.1, -0.05) is 63.4 Å². The van der Waals surface area contributed by atoms with Gasteiger partial charge in [0.25, 0.3) is 5.91 Å². The van der Waals surface area contributed by atoms with Gasteiger partial charge >= 0.3 is 0 Å². The number of nitrogens with two attached hydrogens (primary N) is 1. The van der Waals surface area contributed by atoms with E-state index >= 15 is 0 Å². The van der Waals surface area contributed by atoms with E-state index in [2.05, 4.69) is 19.2 Å². The first-order valence-corrected chi connectivity index (χ1v) is 14.0. The molecule has 0 spiro atoms. The highest BCUT2D eigenvalue weighted by Crippen LogP contribution is 2.29. The lowest BCUT2D eigenvalue weighted by atomic mass is 9.80. The van der Waals surface area contributed by atoms with Gasteiger partial charge < -0.3 is 21.1 Å². The van der Waals surface area contributed by atoms with Crippen molar-refractivity contribution >= 4 is 17.5 Å². The third-order valence-electron chi connectivity index (χ3n) is 7.88. The van der Waals surface area contributed by atoms with Crippen LogP contribution < -0.4 is 16.0 Å². The van der Waals surface area contributed by atoms with Crippen molar-refractivity contribution in [2.75, 3.05) is 11.4 Å². The molecule has 4 N–H and O–H groups in total. The number of nitrogens with zero attached hydrogens (tertiary/aromatic N) is 1. The molecule has 1 aliphatic heterocycles. The topological polar surface area (TPSA) is 95.7 Å². The first-order chi connectivity index (χ1) is 17.8. The van der Waals surface area contributed by atoms with E-state index in [0.717, 1.165) is 55.3 Å². The molecule has 1 heterocycles. The minimum Gasteiger partial charge on any atom is -0.389 e. The number of benzene rings is 2. The first kappa shape index (κ1) is 27.3. The van der Waals surface area contributed by atoms with Crippen molar-refractivity contribution in [2.24, 2.45) is 17.6 Å². The van der Waals surface area contributed by atoms with Crippen molar-refractivity contribution in [1.29, 1.82) is 0 Å². The molecule has 0 radical (unpaired) electrons. The van der Waals surface area contributed by atoms with E-state index in [4.69, 9.17) is 5.73 Å². The zero-order chi connectivity index (χ0) is 26.4. The van der Waals surface area contributed by atoms with Crippen LogP contribution in [0, 0.1) is 11.8 Å². The fourth-order valence-electron chi connectivity index (χ4n) is 5.91. The number of hydrogen-bond donors (Lipinski definition) is 3. The molecule has 2 fully saturated rings. The Morgan fingerprint density at radius 3 is 2.41 bits per heavy atom. The van der Waals surface area contributed by atoms with E-state index in [0.29, 0.717) is 30.9 Å². The van der Waals surface area contributed by atoms with E-state index in [1.54, 1.807) is 4.90 Å². The van der Waals surface area contributed by atoms with E-state index in [-0.39, 0.29) is 23.8 Å². The van der Waals surface area contributed by atoms with Gasteiger partial charge in [0.1, 0.15) is 0 Å². The summed E-state index contributed by atoms with van der Waals surface area (Å²) in [5, 5.41) is 14.6. The van der Waals surface area contributed by atoms with E-state index in [1.807, 2.05) is 48.5 Å². The average molecular weight is 506 g/mol. The summed E-state index contributed by atoms with van der Waals surface area (Å²) in [4.78, 5) is 27.9. The number of amides is 2. The maximum atomic E-state index is 13.7. The number of carbonyl (C=O) groups excluding carboxylic acids is 2. The highest BCUT2D eigenvalue weighted by molar-refractivity contribution is 5.99. The van der Waals surface area contributed by atoms with E-state index in [1.165, 1.54) is 6.42 Å². The van der Waals surface area contributed by atoms with Crippen LogP contribution in [0.2, 0.25) is 0 Å². The van der Waals surface area contributed by atoms with Gasteiger partial charge in [-0.05, 0) is 73.3 Å². The number of carbonyl (C=O) groups is 2. The number of aliphatic hydroxyl groups is 1. The predicted octanol–water partition coefficient (Wildman–Crippen LogP) is 4.62. The summed E-state index contributed by atoms with van der Waals surface area (Å²) in [7, 11) is 0. The van der Waals surface area contributed by atoms with Gasteiger partial charge in [-0.25, -0.2) is 0 Å². The zero-order valence-corrected chi connectivity index (χ0v) is 22.4. The molecule has 200 valence electrons. The van der Waals surface area contributed by atoms with E-state index < -0.39 is 12.1 Å². The van der Waals surface area contributed by atoms with Crippen molar-refractivity contribution in [3.63, 3.8) is 0 Å². The average Bonchev–Trinajstić information content (AvgIpc) is 3.33. The van der Waals surface area contributed by atoms with Crippen molar-refractivity contribution in [2.45, 2.75) is 89.8 Å². The molecular formula is C31H43N3O3. The quantitative estimate of drug-likeness (QED) is 0.439. The normalized spacial score (nSPS) is 19.2. The molecule has 6 heteroatoms. The van der Waals surface area contributed by atoms with Crippen LogP contribution in [-0.2, 0) is 17.6 Å². The Balaban J connectivity index is 1.59. The Morgan fingerprint density at radius 1 is 1.03 bits per heavy atom. The van der Waals surface area contributed by atoms with Crippen LogP contribution in [0.25, 0.3) is 0 Å². The van der Waals surface area contributed by atoms with Crippen molar-refractivity contribution < 1.29 is 14.7 Å². The van der Waals surface area contributed by atoms with Crippen LogP contribution in [0.5, 0.6) is 0 Å². The lowest BCUT2D eigenvalue weighted by molar-refractivity contribution is -0.117. The molecule has 6 nitrogen and oxygen atoms in total. The SMILES string of the molecule is CC(C)Cc1cc(C(=O)NC(Cc2ccccc2)C(O)C(N)C2CCCCC2)cc(N2CCCC2=O)c1. The summed E-state index contributed by atoms with van der Waals surface area (Å²) in [5.74, 6) is 0.542. The van der Waals surface area contributed by atoms with Gasteiger partial charge in [-0.3, -0.25) is 9.59 Å². The molecule has 1 saturated heterocycles. The molecule has 3 unspecified atom stereocenters. The second-order valence-corrected chi connectivity index (χ2v) is 11.4. The Hall–Kier alpha value is -2.70. The standard InChI is InChI=1S/C31H43N3O3/c1-21(2)16-23-17-25(20-26(18-23)34-15-9-14-28(34)35)31(37)33-27(19-22-10-5-3-6-11-22)30(36)29(32)24-12-7-4-8-13-24/h3,5-6,10-11,17-18,20-21,24,27,29-30,36H,4,7-9,12-16,19,32H2,1-2H3,(H,33,37). The summed E-state index contributed by atoms with van der Waals surface area (Å²) in [5.41, 5.74) is 10.00. The smallest absolute Gasteiger partial charge is 0.251 e. The second kappa shape index (κ2) is 12.7. The number of rotatable bonds is 10. The Kier molecular flexibility index (Phi) is 9.38. The molecular weight excluding hydrogens is 462 g/mol. The van der Waals surface area contributed by atoms with Crippen LogP contribution in [0.15, 0.2) is 48.5 Å². The molecule has 2 aliphatic rings. The highest BCUT2D eigenvalue weighted by atomic mass is 16.3. The minimum absolute atomic E-state index is 0.101. The van der Waals surface area contributed by atoms with Crippen molar-refractivity contribution in [1.82, 2.24) is 5.32 Å². The molecule has 1 saturated carbocycles. The molecule has 37 heavy (non-hydrogen) atoms. The van der Waals surface area contributed by atoms with Gasteiger partial charge in [0, 0.05) is 30.3 Å². The number of hydrogen-bond acceptors (Lipinski definition) is 4. The van der Waals surface area contributed by atoms with Crippen LogP contribution in [-0.4, -0.2) is 41.7 Å². The monoisotopic (exact) mass is 505 g/mol. The summed E-state index contributed by atoms with van der Waals surface area (Å²) >= 11 is 0. The first-order valence-electron chi connectivity index (χ1n) is 14.0. The zero-order valence-electron chi connectivity index (χ0n) is 22.4. The number of anilines is 1. The van der Waals surface area contributed by atoms with Gasteiger partial charge in [0.15, 0.2) is 0 Å². The van der Waals surface area contributed by atoms with Gasteiger partial charge in [-0.15, -0.1) is 0 Å². The molecule has 2 aromatic carbocycles. The fourth-order valence-corrected chi connectivity index (χ4v) is 5.91. The maximum Gasteiger partial charge on any atom is 0.251 e. The minimum atomic E-state index is -0.856. The Bertz CT molecular complexity index is 1050. The molecule has 0 aromatic heterocycles. The summed E-state index contributed by atoms with van der Waals surface area (Å²) < 4.78 is 0. The van der Waals surface area contributed by atoms with E-state index in [9.17, 15) is 14.7 Å². The van der Waals surface area contributed by atoms with Crippen LogP contribution >= 0.6 is 0 Å². The van der Waals surface area contributed by atoms with Crippen LogP contribution in [0.1, 0.15) is 80.3 Å². The van der Waals surface area contributed by atoms with Gasteiger partial charge in [0.2, 0.25) is 5.91 Å². The molecule has 3 atom stereocenters. The lowest BCUT2D eigenvalue weighted by Gasteiger charge is -2.35. The Morgan fingerprint density at radius 2 is 1.76 bits per heavy atom. The summed E-state index contributed by atoms with van der Waals surface area (Å²) in [6, 6.07) is 14.8. The van der Waals surface area contributed by atoms with Crippen LogP contribution in [0.3, 0.4) is 0 Å². The number of aliphatic hydroxyl groups excluding tert-OH is 1. The molecule has 1 aliphatic carbocycles. The van der Waals surface area contributed by atoms with Crippen molar-refractivity contribution in [3.8, 4) is 0 Å². The molecule has 2 aromatic rings. The largest absolute Gasteiger partial charge is 0.389 e. The van der Waals surface area contributed by atoms with Gasteiger partial charge in [-0.2, -0.15) is 0 Å². The molecule has 2 amide bonds. The lowest BCUT2D eigenvalue weighted by Crippen LogP contribution is -2.55. The Labute approximate surface area is 221 Å². The van der Waals surface area contributed by atoms with Crippen LogP contribution in [0.4, 0.5) is 5.69 Å². The van der Waals surface area contributed by atoms with Gasteiger partial charge in [0.05, 0.1) is 12.1 Å². The predicted molar refractivity (Wildman–Crippen MR) is 149 cm³/mol.